The normalized spacial score (nSPS) is 14.5. The highest BCUT2D eigenvalue weighted by molar-refractivity contribution is 6.51. The first kappa shape index (κ1) is 15.9. The number of para-hydroxylation sites is 1. The Morgan fingerprint density at radius 3 is 2.32 bits per heavy atom. The summed E-state index contributed by atoms with van der Waals surface area (Å²) in [6.07, 6.45) is 1.85. The van der Waals surface area contributed by atoms with E-state index in [1.807, 2.05) is 42.1 Å². The van der Waals surface area contributed by atoms with Gasteiger partial charge in [-0.2, -0.15) is 0 Å². The second-order valence-electron chi connectivity index (χ2n) is 5.83. The fraction of sp³-hybridized carbons (Fsp3) is 0.0526. The van der Waals surface area contributed by atoms with Crippen LogP contribution in [0.25, 0.3) is 22.0 Å². The lowest BCUT2D eigenvalue weighted by atomic mass is 9.96. The van der Waals surface area contributed by atoms with Gasteiger partial charge in [0.1, 0.15) is 0 Å². The molecular formula is C19H12Cl2N2O2. The van der Waals surface area contributed by atoms with Crippen molar-refractivity contribution in [2.75, 3.05) is 0 Å². The third kappa shape index (κ3) is 2.46. The SMILES string of the molecule is [11CH3]n1cc(C2=C(c3ccc(Cl)cc3Cl)C(=O)NC2=O)c2ccccc21. The lowest BCUT2D eigenvalue weighted by Gasteiger charge is -2.06. The molecule has 124 valence electrons. The number of amides is 2. The largest absolute Gasteiger partial charge is 0.350 e. The van der Waals surface area contributed by atoms with Crippen LogP contribution in [0.15, 0.2) is 48.7 Å². The smallest absolute Gasteiger partial charge is 0.259 e. The minimum Gasteiger partial charge on any atom is -0.350 e. The molecule has 2 aromatic carbocycles. The molecule has 0 bridgehead atoms. The number of hydrogen-bond donors (Lipinski definition) is 1. The van der Waals surface area contributed by atoms with E-state index in [1.165, 1.54) is 0 Å². The number of benzene rings is 2. The molecule has 2 amide bonds. The standard InChI is InChI=1S/C19H12Cl2N2O2/c1-23-9-13(11-4-2-3-5-15(11)23)17-16(18(24)22-19(17)25)12-7-6-10(20)8-14(12)21/h2-9H,1H3,(H,22,24,25)/i1-1. The zero-order valence-electron chi connectivity index (χ0n) is 13.1. The van der Waals surface area contributed by atoms with Crippen LogP contribution in [0, 0.1) is 0 Å². The Bertz CT molecular complexity index is 1100. The molecule has 1 aromatic heterocycles. The van der Waals surface area contributed by atoms with Crippen LogP contribution < -0.4 is 5.32 Å². The molecule has 4 rings (SSSR count). The van der Waals surface area contributed by atoms with Crippen molar-refractivity contribution in [1.29, 1.82) is 0 Å². The number of halogens is 2. The number of hydrogen-bond acceptors (Lipinski definition) is 2. The number of nitrogens with one attached hydrogen (secondary N) is 1. The average Bonchev–Trinajstić information content (AvgIpc) is 3.04. The van der Waals surface area contributed by atoms with Crippen LogP contribution in [0.3, 0.4) is 0 Å². The third-order valence-electron chi connectivity index (χ3n) is 4.30. The minimum atomic E-state index is -0.461. The summed E-state index contributed by atoms with van der Waals surface area (Å²) in [5.41, 5.74) is 2.74. The molecular weight excluding hydrogens is 358 g/mol. The lowest BCUT2D eigenvalue weighted by Crippen LogP contribution is -2.22. The maximum atomic E-state index is 12.5. The number of aryl methyl sites for hydroxylation is 1. The number of nitrogens with zero attached hydrogens (tertiary/aromatic N) is 1. The van der Waals surface area contributed by atoms with Gasteiger partial charge in [0.2, 0.25) is 0 Å². The van der Waals surface area contributed by atoms with E-state index in [-0.39, 0.29) is 5.57 Å². The van der Waals surface area contributed by atoms with Crippen LogP contribution in [-0.4, -0.2) is 16.4 Å². The summed E-state index contributed by atoms with van der Waals surface area (Å²) in [4.78, 5) is 25.0. The van der Waals surface area contributed by atoms with Crippen LogP contribution in [0.1, 0.15) is 11.1 Å². The zero-order valence-corrected chi connectivity index (χ0v) is 14.7. The fourth-order valence-corrected chi connectivity index (χ4v) is 3.71. The van der Waals surface area contributed by atoms with Crippen LogP contribution in [0.2, 0.25) is 10.0 Å². The third-order valence-corrected chi connectivity index (χ3v) is 4.85. The summed E-state index contributed by atoms with van der Waals surface area (Å²) in [7, 11) is 1.90. The first-order chi connectivity index (χ1) is 12.0. The van der Waals surface area contributed by atoms with Gasteiger partial charge in [0.05, 0.1) is 16.2 Å². The molecule has 0 atom stereocenters. The molecule has 1 aliphatic rings. The van der Waals surface area contributed by atoms with Crippen LogP contribution >= 0.6 is 23.2 Å². The lowest BCUT2D eigenvalue weighted by molar-refractivity contribution is -0.122. The van der Waals surface area contributed by atoms with Gasteiger partial charge < -0.3 is 4.57 Å². The number of imide groups is 1. The van der Waals surface area contributed by atoms with E-state index in [0.717, 1.165) is 10.9 Å². The summed E-state index contributed by atoms with van der Waals surface area (Å²) < 4.78 is 1.93. The molecule has 0 unspecified atom stereocenters. The van der Waals surface area contributed by atoms with Crippen molar-refractivity contribution in [3.8, 4) is 0 Å². The van der Waals surface area contributed by atoms with Gasteiger partial charge in [-0.1, -0.05) is 47.5 Å². The minimum absolute atomic E-state index is 0.267. The van der Waals surface area contributed by atoms with Crippen molar-refractivity contribution < 1.29 is 9.59 Å². The van der Waals surface area contributed by atoms with E-state index in [4.69, 9.17) is 23.2 Å². The van der Waals surface area contributed by atoms with Crippen molar-refractivity contribution in [1.82, 2.24) is 9.88 Å². The van der Waals surface area contributed by atoms with Gasteiger partial charge in [-0.3, -0.25) is 14.9 Å². The van der Waals surface area contributed by atoms with Crippen LogP contribution in [-0.2, 0) is 16.6 Å². The second-order valence-corrected chi connectivity index (χ2v) is 6.67. The van der Waals surface area contributed by atoms with Crippen molar-refractivity contribution in [2.24, 2.45) is 7.05 Å². The first-order valence-electron chi connectivity index (χ1n) is 7.57. The Kier molecular flexibility index (Phi) is 3.67. The van der Waals surface area contributed by atoms with Crippen molar-refractivity contribution >= 4 is 57.1 Å². The number of carbonyl (C=O) groups excluding carboxylic acids is 2. The van der Waals surface area contributed by atoms with E-state index in [9.17, 15) is 9.59 Å². The fourth-order valence-electron chi connectivity index (χ4n) is 3.20. The molecule has 2 heterocycles. The molecule has 6 heteroatoms. The predicted molar refractivity (Wildman–Crippen MR) is 99.3 cm³/mol. The Morgan fingerprint density at radius 2 is 1.60 bits per heavy atom. The van der Waals surface area contributed by atoms with Gasteiger partial charge in [0.25, 0.3) is 11.8 Å². The number of aromatic nitrogens is 1. The number of fused-ring (bicyclic) bond motifs is 1. The summed E-state index contributed by atoms with van der Waals surface area (Å²) in [5.74, 6) is -0.889. The summed E-state index contributed by atoms with van der Waals surface area (Å²) >= 11 is 12.2. The topological polar surface area (TPSA) is 51.1 Å². The Labute approximate surface area is 153 Å². The summed E-state index contributed by atoms with van der Waals surface area (Å²) in [5, 5.41) is 4.06. The zero-order chi connectivity index (χ0) is 17.7. The molecule has 3 aromatic rings. The van der Waals surface area contributed by atoms with E-state index >= 15 is 0 Å². The maximum absolute atomic E-state index is 12.5. The van der Waals surface area contributed by atoms with Gasteiger partial charge in [-0.25, -0.2) is 0 Å². The second kappa shape index (κ2) is 5.76. The quantitative estimate of drug-likeness (QED) is 0.692. The van der Waals surface area contributed by atoms with Gasteiger partial charge >= 0.3 is 0 Å². The van der Waals surface area contributed by atoms with Gasteiger partial charge in [0.15, 0.2) is 0 Å². The van der Waals surface area contributed by atoms with Gasteiger partial charge in [0, 0.05) is 40.3 Å². The highest BCUT2D eigenvalue weighted by Gasteiger charge is 2.34. The maximum Gasteiger partial charge on any atom is 0.259 e. The molecule has 0 aliphatic carbocycles. The Balaban J connectivity index is 2.06. The van der Waals surface area contributed by atoms with E-state index in [1.54, 1.807) is 18.2 Å². The molecule has 1 N–H and O–H groups in total. The van der Waals surface area contributed by atoms with Gasteiger partial charge in [-0.15, -0.1) is 0 Å². The predicted octanol–water partition coefficient (Wildman–Crippen LogP) is 4.05. The highest BCUT2D eigenvalue weighted by Crippen LogP contribution is 2.38. The molecule has 0 fully saturated rings. The van der Waals surface area contributed by atoms with E-state index in [0.29, 0.717) is 26.7 Å². The van der Waals surface area contributed by atoms with Crippen molar-refractivity contribution in [2.45, 2.75) is 0 Å². The monoisotopic (exact) mass is 369 g/mol. The van der Waals surface area contributed by atoms with Crippen molar-refractivity contribution in [3.05, 3.63) is 69.8 Å². The molecule has 0 spiro atoms. The average molecular weight is 370 g/mol. The van der Waals surface area contributed by atoms with E-state index < -0.39 is 11.8 Å². The van der Waals surface area contributed by atoms with Crippen LogP contribution in [0.5, 0.6) is 0 Å². The highest BCUT2D eigenvalue weighted by atomic mass is 35.5. The summed E-state index contributed by atoms with van der Waals surface area (Å²) in [6, 6.07) is 12.6. The summed E-state index contributed by atoms with van der Waals surface area (Å²) in [6.45, 7) is 0. The Morgan fingerprint density at radius 1 is 0.920 bits per heavy atom. The molecule has 4 nitrogen and oxygen atoms in total. The molecule has 1 aliphatic heterocycles. The van der Waals surface area contributed by atoms with Crippen LogP contribution in [0.4, 0.5) is 0 Å². The first-order valence-corrected chi connectivity index (χ1v) is 8.33. The molecule has 25 heavy (non-hydrogen) atoms. The molecule has 0 radical (unpaired) electrons. The van der Waals surface area contributed by atoms with Crippen molar-refractivity contribution in [3.63, 3.8) is 0 Å². The molecule has 0 saturated heterocycles. The number of rotatable bonds is 2. The Hall–Kier alpha value is -2.56. The molecule has 0 saturated carbocycles. The van der Waals surface area contributed by atoms with E-state index in [2.05, 4.69) is 5.32 Å². The van der Waals surface area contributed by atoms with Gasteiger partial charge in [-0.05, 0) is 18.2 Å². The number of carbonyl (C=O) groups is 2.